The van der Waals surface area contributed by atoms with E-state index in [1.165, 1.54) is 6.66 Å². The Bertz CT molecular complexity index is 2290. The monoisotopic (exact) mass is 743 g/mol. The van der Waals surface area contributed by atoms with Crippen LogP contribution in [0.3, 0.4) is 0 Å². The number of aliphatic carboxylic acids is 3. The van der Waals surface area contributed by atoms with Gasteiger partial charge in [0.15, 0.2) is 7.37 Å². The zero-order valence-corrected chi connectivity index (χ0v) is 31.4. The van der Waals surface area contributed by atoms with E-state index >= 15 is 0 Å². The molecule has 280 valence electrons. The average Bonchev–Trinajstić information content (AvgIpc) is 3.74. The molecule has 3 aromatic heterocycles. The van der Waals surface area contributed by atoms with Crippen molar-refractivity contribution in [3.05, 3.63) is 88.5 Å². The van der Waals surface area contributed by atoms with Crippen molar-refractivity contribution in [2.75, 3.05) is 12.8 Å². The number of hydrogen-bond acceptors (Lipinski definition) is 7. The molecule has 8 bridgehead atoms. The molecule has 14 heteroatoms. The summed E-state index contributed by atoms with van der Waals surface area (Å²) in [6, 6.07) is 6.85. The van der Waals surface area contributed by atoms with Gasteiger partial charge in [0.25, 0.3) is 0 Å². The molecule has 0 saturated carbocycles. The number of aryl methyl sites for hydroxylation is 3. The molecule has 2 atom stereocenters. The second-order valence-corrected chi connectivity index (χ2v) is 15.8. The molecular formula is C39H46N5O8P. The molecule has 8 N–H and O–H groups in total. The number of rotatable bonds is 12. The van der Waals surface area contributed by atoms with E-state index in [0.717, 1.165) is 83.7 Å². The lowest BCUT2D eigenvalue weighted by molar-refractivity contribution is -0.139. The van der Waals surface area contributed by atoms with Crippen LogP contribution in [-0.4, -0.2) is 76.9 Å². The number of carbonyl (C=O) groups is 3. The van der Waals surface area contributed by atoms with Crippen molar-refractivity contribution in [3.63, 3.8) is 0 Å². The molecule has 13 nitrogen and oxygen atoms in total. The van der Waals surface area contributed by atoms with Gasteiger partial charge in [-0.15, -0.1) is 0 Å². The fraction of sp³-hybridized carbons (Fsp3) is 0.308. The number of aromatic amines is 2. The zero-order valence-electron chi connectivity index (χ0n) is 30.5. The van der Waals surface area contributed by atoms with Crippen LogP contribution in [0.5, 0.6) is 0 Å². The Morgan fingerprint density at radius 1 is 0.792 bits per heavy atom. The van der Waals surface area contributed by atoms with Crippen LogP contribution in [-0.2, 0) is 25.4 Å². The summed E-state index contributed by atoms with van der Waals surface area (Å²) in [5, 5.41) is 27.2. The highest BCUT2D eigenvalue weighted by Crippen LogP contribution is 2.37. The fourth-order valence-corrected chi connectivity index (χ4v) is 7.03. The van der Waals surface area contributed by atoms with Crippen molar-refractivity contribution >= 4 is 75.7 Å². The maximum Gasteiger partial charge on any atom is 0.320 e. The van der Waals surface area contributed by atoms with Gasteiger partial charge in [0.2, 0.25) is 0 Å². The average molecular weight is 744 g/mol. The third-order valence-corrected chi connectivity index (χ3v) is 10.5. The van der Waals surface area contributed by atoms with E-state index in [2.05, 4.69) is 23.1 Å². The van der Waals surface area contributed by atoms with E-state index in [1.807, 2.05) is 58.0 Å². The van der Waals surface area contributed by atoms with E-state index in [1.54, 1.807) is 6.08 Å². The molecular weight excluding hydrogens is 697 g/mol. The number of nitrogens with zero attached hydrogens (tertiary/aromatic N) is 2. The summed E-state index contributed by atoms with van der Waals surface area (Å²) in [7, 11) is -3.10. The van der Waals surface area contributed by atoms with Gasteiger partial charge < -0.3 is 35.9 Å². The minimum absolute atomic E-state index is 0.0259. The van der Waals surface area contributed by atoms with E-state index in [0.29, 0.717) is 18.5 Å². The number of aromatic nitrogens is 4. The van der Waals surface area contributed by atoms with Gasteiger partial charge in [-0.25, -0.2) is 9.97 Å². The number of carboxylic acids is 3. The summed E-state index contributed by atoms with van der Waals surface area (Å²) in [6.07, 6.45) is 4.22. The highest BCUT2D eigenvalue weighted by atomic mass is 31.2. The molecule has 0 aliphatic carbocycles. The van der Waals surface area contributed by atoms with Gasteiger partial charge in [0.1, 0.15) is 6.04 Å². The van der Waals surface area contributed by atoms with Gasteiger partial charge in [0.05, 0.1) is 22.8 Å². The second kappa shape index (κ2) is 16.5. The minimum atomic E-state index is -3.10. The first-order valence-corrected chi connectivity index (χ1v) is 19.3. The zero-order chi connectivity index (χ0) is 39.4. The van der Waals surface area contributed by atoms with Crippen LogP contribution in [0.2, 0.25) is 0 Å². The topological polar surface area (TPSA) is 233 Å². The maximum atomic E-state index is 11.5. The molecule has 53 heavy (non-hydrogen) atoms. The minimum Gasteiger partial charge on any atom is -0.481 e. The van der Waals surface area contributed by atoms with Crippen molar-refractivity contribution in [3.8, 4) is 0 Å². The predicted molar refractivity (Wildman–Crippen MR) is 209 cm³/mol. The number of H-pyrrole nitrogens is 2. The smallest absolute Gasteiger partial charge is 0.320 e. The fourth-order valence-electron chi connectivity index (χ4n) is 6.27. The van der Waals surface area contributed by atoms with Gasteiger partial charge in [-0.3, -0.25) is 18.9 Å². The molecule has 0 aromatic carbocycles. The van der Waals surface area contributed by atoms with Crippen molar-refractivity contribution in [2.45, 2.75) is 65.8 Å². The Morgan fingerprint density at radius 2 is 1.32 bits per heavy atom. The van der Waals surface area contributed by atoms with Gasteiger partial charge in [-0.1, -0.05) is 25.3 Å². The number of allylic oxidation sites excluding steroid dienone is 5. The van der Waals surface area contributed by atoms with Crippen LogP contribution >= 0.6 is 7.37 Å². The van der Waals surface area contributed by atoms with E-state index in [4.69, 9.17) is 25.7 Å². The molecule has 0 saturated heterocycles. The molecule has 0 amide bonds. The Labute approximate surface area is 307 Å². The maximum absolute atomic E-state index is 11.5. The molecule has 5 rings (SSSR count). The summed E-state index contributed by atoms with van der Waals surface area (Å²) < 4.78 is 10.6. The molecule has 2 aliphatic rings. The first-order valence-electron chi connectivity index (χ1n) is 17.0. The summed E-state index contributed by atoms with van der Waals surface area (Å²) in [5.41, 5.74) is 18.8. The predicted octanol–water partition coefficient (Wildman–Crippen LogP) is 7.19. The van der Waals surface area contributed by atoms with E-state index < -0.39 is 31.3 Å². The van der Waals surface area contributed by atoms with Crippen molar-refractivity contribution < 1.29 is 39.2 Å². The normalized spacial score (nSPS) is 14.2. The second-order valence-electron chi connectivity index (χ2n) is 13.2. The summed E-state index contributed by atoms with van der Waals surface area (Å²) in [4.78, 5) is 58.9. The van der Waals surface area contributed by atoms with Gasteiger partial charge >= 0.3 is 17.9 Å². The first-order chi connectivity index (χ1) is 24.8. The Morgan fingerprint density at radius 3 is 1.91 bits per heavy atom. The summed E-state index contributed by atoms with van der Waals surface area (Å²) in [6.45, 7) is 17.2. The van der Waals surface area contributed by atoms with Crippen molar-refractivity contribution in [1.29, 1.82) is 0 Å². The summed E-state index contributed by atoms with van der Waals surface area (Å²) >= 11 is 0. The largest absolute Gasteiger partial charge is 0.481 e. The molecule has 3 aromatic rings. The highest BCUT2D eigenvalue weighted by molar-refractivity contribution is 7.57. The number of nitrogens with two attached hydrogens (primary N) is 1. The molecule has 0 fully saturated rings. The number of hydrogen-bond donors (Lipinski definition) is 7. The lowest BCUT2D eigenvalue weighted by Crippen LogP contribution is -2.30. The third kappa shape index (κ3) is 9.55. The van der Waals surface area contributed by atoms with Crippen LogP contribution in [0.1, 0.15) is 84.6 Å². The molecule has 2 aliphatic heterocycles. The highest BCUT2D eigenvalue weighted by Gasteiger charge is 2.21. The number of fused-ring (bicyclic) bond motifs is 8. The van der Waals surface area contributed by atoms with Gasteiger partial charge in [0, 0.05) is 58.9 Å². The lowest BCUT2D eigenvalue weighted by Gasteiger charge is -2.07. The number of carboxylic acid groups (broad SMARTS) is 3. The van der Waals surface area contributed by atoms with Crippen LogP contribution in [0.4, 0.5) is 0 Å². The van der Waals surface area contributed by atoms with Crippen molar-refractivity contribution in [2.24, 2.45) is 5.73 Å². The molecule has 5 heterocycles. The van der Waals surface area contributed by atoms with Crippen molar-refractivity contribution in [1.82, 2.24) is 19.9 Å². The molecule has 0 spiro atoms. The molecule has 2 unspecified atom stereocenters. The van der Waals surface area contributed by atoms with Crippen LogP contribution in [0.15, 0.2) is 43.5 Å². The SMILES string of the molecule is C=CC1=C(C)c2cc3[nH]c(cc4nc(cc5[nH]c(cc1n2)c(C)c5CCC(=O)O)C(CCC(=O)O)=C4C)c(C)c3C=C.CP(=O)(O)CCC(N)C(=O)O. The Hall–Kier alpha value is -5.36. The quantitative estimate of drug-likeness (QED) is 0.0917. The van der Waals surface area contributed by atoms with Crippen LogP contribution in [0, 0.1) is 13.8 Å². The Kier molecular flexibility index (Phi) is 12.6. The van der Waals surface area contributed by atoms with Crippen LogP contribution in [0.25, 0.3) is 50.4 Å². The first kappa shape index (κ1) is 40.4. The van der Waals surface area contributed by atoms with Gasteiger partial charge in [-0.05, 0) is 105 Å². The van der Waals surface area contributed by atoms with Gasteiger partial charge in [-0.2, -0.15) is 0 Å². The summed E-state index contributed by atoms with van der Waals surface area (Å²) in [5.74, 6) is -2.90. The number of nitrogens with one attached hydrogen (secondary N) is 2. The van der Waals surface area contributed by atoms with E-state index in [-0.39, 0.29) is 25.4 Å². The lowest BCUT2D eigenvalue weighted by atomic mass is 10.0. The van der Waals surface area contributed by atoms with E-state index in [9.17, 15) is 29.2 Å². The molecule has 0 radical (unpaired) electrons. The standard InChI is InChI=1S/C34H34N4O4.C5H12NO4P/c1-7-21-17(3)25-13-26-19(5)23(9-11-33(39)40)31(37-26)16-32-24(10-12-34(41)42)20(6)28(38-32)15-30-22(8-2)18(4)27(36-30)14-29(21)35-25;1-11(9,10)3-2-4(6)5(7)8/h7-8,13-16,35,38H,1-2,9-12H2,3-6H3,(H,39,40)(H,41,42);4H,2-3,6H2,1H3,(H,7,8)(H,9,10). The Balaban J connectivity index is 0.000000495. The van der Waals surface area contributed by atoms with Crippen LogP contribution < -0.4 is 5.73 Å². The third-order valence-electron chi connectivity index (χ3n) is 9.39.